The summed E-state index contributed by atoms with van der Waals surface area (Å²) >= 11 is 0. The van der Waals surface area contributed by atoms with E-state index in [4.69, 9.17) is 14.0 Å². The zero-order chi connectivity index (χ0) is 18.0. The lowest BCUT2D eigenvalue weighted by molar-refractivity contribution is -0.137. The summed E-state index contributed by atoms with van der Waals surface area (Å²) in [5.41, 5.74) is 1.15. The summed E-state index contributed by atoms with van der Waals surface area (Å²) in [6.45, 7) is 9.61. The van der Waals surface area contributed by atoms with E-state index >= 15 is 0 Å². The Balaban J connectivity index is 1.67. The molecule has 1 amide bonds. The van der Waals surface area contributed by atoms with Crippen molar-refractivity contribution in [2.24, 2.45) is 5.41 Å². The first-order chi connectivity index (χ1) is 11.7. The second-order valence-electron chi connectivity index (χ2n) is 8.75. The van der Waals surface area contributed by atoms with Crippen LogP contribution >= 0.6 is 0 Å². The SMILES string of the molecule is CN1C(=O)C2(CCOCC2)C2=CC(B3OC(C)(C)C(C)(C)O3)CC=C21. The van der Waals surface area contributed by atoms with Gasteiger partial charge in [0.15, 0.2) is 0 Å². The third-order valence-corrected chi connectivity index (χ3v) is 6.80. The van der Waals surface area contributed by atoms with Crippen LogP contribution in [0.15, 0.2) is 23.4 Å². The number of fused-ring (bicyclic) bond motifs is 2. The van der Waals surface area contributed by atoms with Crippen molar-refractivity contribution in [2.75, 3.05) is 20.3 Å². The molecule has 25 heavy (non-hydrogen) atoms. The maximum absolute atomic E-state index is 13.0. The first-order valence-electron chi connectivity index (χ1n) is 9.32. The molecule has 0 radical (unpaired) electrons. The van der Waals surface area contributed by atoms with Gasteiger partial charge in [0.25, 0.3) is 0 Å². The fourth-order valence-electron chi connectivity index (χ4n) is 4.45. The van der Waals surface area contributed by atoms with Crippen molar-refractivity contribution in [3.05, 3.63) is 23.4 Å². The highest BCUT2D eigenvalue weighted by Crippen LogP contribution is 2.53. The predicted octanol–water partition coefficient (Wildman–Crippen LogP) is 2.93. The highest BCUT2D eigenvalue weighted by Gasteiger charge is 2.57. The molecule has 3 saturated heterocycles. The van der Waals surface area contributed by atoms with Crippen LogP contribution in [0, 0.1) is 5.41 Å². The van der Waals surface area contributed by atoms with Gasteiger partial charge in [0, 0.05) is 31.8 Å². The molecular formula is C19H28BNO4. The second kappa shape index (κ2) is 5.45. The van der Waals surface area contributed by atoms with E-state index in [0.717, 1.165) is 30.5 Å². The highest BCUT2D eigenvalue weighted by molar-refractivity contribution is 6.48. The summed E-state index contributed by atoms with van der Waals surface area (Å²) in [6.07, 6.45) is 6.79. The normalized spacial score (nSPS) is 32.7. The molecule has 1 unspecified atom stereocenters. The van der Waals surface area contributed by atoms with Gasteiger partial charge in [-0.2, -0.15) is 0 Å². The van der Waals surface area contributed by atoms with Crippen molar-refractivity contribution < 1.29 is 18.8 Å². The number of likely N-dealkylation sites (tertiary alicyclic amines) is 1. The van der Waals surface area contributed by atoms with E-state index in [1.807, 2.05) is 11.9 Å². The van der Waals surface area contributed by atoms with Gasteiger partial charge in [-0.05, 0) is 52.5 Å². The molecule has 0 aromatic heterocycles. The Labute approximate surface area is 150 Å². The van der Waals surface area contributed by atoms with Crippen molar-refractivity contribution in [3.8, 4) is 0 Å². The average Bonchev–Trinajstić information content (AvgIpc) is 2.91. The van der Waals surface area contributed by atoms with Crippen LogP contribution in [0.3, 0.4) is 0 Å². The Morgan fingerprint density at radius 1 is 1.12 bits per heavy atom. The zero-order valence-electron chi connectivity index (χ0n) is 15.9. The van der Waals surface area contributed by atoms with E-state index in [1.54, 1.807) is 0 Å². The maximum Gasteiger partial charge on any atom is 0.465 e. The zero-order valence-corrected chi connectivity index (χ0v) is 15.9. The first-order valence-corrected chi connectivity index (χ1v) is 9.32. The summed E-state index contributed by atoms with van der Waals surface area (Å²) in [4.78, 5) is 14.8. The summed E-state index contributed by atoms with van der Waals surface area (Å²) in [5.74, 6) is 0.349. The standard InChI is InChI=1S/C19H28BNO4/c1-17(2)18(3,4)25-20(24-17)13-6-7-15-14(12-13)19(16(22)21(15)5)8-10-23-11-9-19/h7,12-13H,6,8-11H2,1-5H3. The number of amides is 1. The van der Waals surface area contributed by atoms with Crippen LogP contribution in [0.4, 0.5) is 0 Å². The van der Waals surface area contributed by atoms with E-state index in [0.29, 0.717) is 13.2 Å². The number of ether oxygens (including phenoxy) is 1. The Bertz CT molecular complexity index is 644. The molecule has 4 aliphatic rings. The van der Waals surface area contributed by atoms with Gasteiger partial charge in [-0.15, -0.1) is 0 Å². The minimum atomic E-state index is -0.416. The number of likely N-dealkylation sites (N-methyl/N-ethyl adjacent to an activating group) is 1. The lowest BCUT2D eigenvalue weighted by atomic mass is 9.64. The monoisotopic (exact) mass is 345 g/mol. The van der Waals surface area contributed by atoms with E-state index in [-0.39, 0.29) is 30.0 Å². The smallest absolute Gasteiger partial charge is 0.403 e. The third-order valence-electron chi connectivity index (χ3n) is 6.80. The molecule has 136 valence electrons. The number of allylic oxidation sites excluding steroid dienone is 3. The van der Waals surface area contributed by atoms with Gasteiger partial charge in [-0.1, -0.05) is 12.2 Å². The number of carbonyl (C=O) groups excluding carboxylic acids is 1. The Morgan fingerprint density at radius 2 is 1.72 bits per heavy atom. The Morgan fingerprint density at radius 3 is 2.32 bits per heavy atom. The van der Waals surface area contributed by atoms with Crippen LogP contribution in [0.5, 0.6) is 0 Å². The van der Waals surface area contributed by atoms with Crippen molar-refractivity contribution in [1.29, 1.82) is 0 Å². The van der Waals surface area contributed by atoms with Crippen LogP contribution in [-0.4, -0.2) is 49.4 Å². The molecule has 1 aliphatic carbocycles. The van der Waals surface area contributed by atoms with Crippen molar-refractivity contribution >= 4 is 13.0 Å². The molecule has 0 saturated carbocycles. The maximum atomic E-state index is 13.0. The van der Waals surface area contributed by atoms with E-state index in [1.165, 1.54) is 0 Å². The molecule has 0 aromatic rings. The molecule has 1 spiro atoms. The van der Waals surface area contributed by atoms with Crippen LogP contribution in [0.2, 0.25) is 5.82 Å². The Kier molecular flexibility index (Phi) is 3.77. The molecule has 1 atom stereocenters. The van der Waals surface area contributed by atoms with Crippen molar-refractivity contribution in [1.82, 2.24) is 4.90 Å². The molecule has 3 aliphatic heterocycles. The first kappa shape index (κ1) is 17.3. The van der Waals surface area contributed by atoms with Gasteiger partial charge in [0.1, 0.15) is 0 Å². The van der Waals surface area contributed by atoms with Crippen LogP contribution in [-0.2, 0) is 18.8 Å². The molecule has 4 rings (SSSR count). The summed E-state index contributed by atoms with van der Waals surface area (Å²) in [5, 5.41) is 0. The van der Waals surface area contributed by atoms with Gasteiger partial charge in [0.05, 0.1) is 16.6 Å². The summed E-state index contributed by atoms with van der Waals surface area (Å²) in [7, 11) is 1.62. The Hall–Kier alpha value is -1.11. The largest absolute Gasteiger partial charge is 0.465 e. The summed E-state index contributed by atoms with van der Waals surface area (Å²) < 4.78 is 18.1. The van der Waals surface area contributed by atoms with E-state index in [2.05, 4.69) is 39.8 Å². The van der Waals surface area contributed by atoms with Crippen molar-refractivity contribution in [3.63, 3.8) is 0 Å². The predicted molar refractivity (Wildman–Crippen MR) is 95.9 cm³/mol. The fourth-order valence-corrected chi connectivity index (χ4v) is 4.45. The molecule has 0 bridgehead atoms. The number of rotatable bonds is 1. The average molecular weight is 345 g/mol. The lowest BCUT2D eigenvalue weighted by Crippen LogP contribution is -2.41. The molecule has 0 N–H and O–H groups in total. The third kappa shape index (κ3) is 2.37. The van der Waals surface area contributed by atoms with E-state index < -0.39 is 5.41 Å². The number of hydrogen-bond acceptors (Lipinski definition) is 4. The fraction of sp³-hybridized carbons (Fsp3) is 0.737. The van der Waals surface area contributed by atoms with Gasteiger partial charge in [-0.3, -0.25) is 4.79 Å². The van der Waals surface area contributed by atoms with Crippen LogP contribution in [0.25, 0.3) is 0 Å². The number of nitrogens with zero attached hydrogens (tertiary/aromatic N) is 1. The number of carbonyl (C=O) groups is 1. The van der Waals surface area contributed by atoms with E-state index in [9.17, 15) is 4.79 Å². The molecule has 3 heterocycles. The minimum Gasteiger partial charge on any atom is -0.403 e. The number of hydrogen-bond donors (Lipinski definition) is 0. The van der Waals surface area contributed by atoms with Gasteiger partial charge in [0.2, 0.25) is 5.91 Å². The second-order valence-corrected chi connectivity index (χ2v) is 8.75. The van der Waals surface area contributed by atoms with Gasteiger partial charge < -0.3 is 18.9 Å². The minimum absolute atomic E-state index is 0.138. The molecule has 0 aromatic carbocycles. The van der Waals surface area contributed by atoms with Gasteiger partial charge >= 0.3 is 7.12 Å². The lowest BCUT2D eigenvalue weighted by Gasteiger charge is -2.33. The molecule has 6 heteroatoms. The topological polar surface area (TPSA) is 48.0 Å². The van der Waals surface area contributed by atoms with Crippen LogP contribution < -0.4 is 0 Å². The van der Waals surface area contributed by atoms with Gasteiger partial charge in [-0.25, -0.2) is 0 Å². The summed E-state index contributed by atoms with van der Waals surface area (Å²) in [6, 6.07) is 0. The highest BCUT2D eigenvalue weighted by atomic mass is 16.7. The molecular weight excluding hydrogens is 317 g/mol. The van der Waals surface area contributed by atoms with Crippen LogP contribution in [0.1, 0.15) is 47.0 Å². The molecule has 5 nitrogen and oxygen atoms in total. The quantitative estimate of drug-likeness (QED) is 0.686. The molecule has 3 fully saturated rings. The van der Waals surface area contributed by atoms with Crippen molar-refractivity contribution in [2.45, 2.75) is 64.0 Å².